The van der Waals surface area contributed by atoms with Gasteiger partial charge in [0.1, 0.15) is 0 Å². The van der Waals surface area contributed by atoms with Gasteiger partial charge in [0.15, 0.2) is 0 Å². The molecular formula is C11H13BrN2O2. The Hall–Kier alpha value is -1.36. The van der Waals surface area contributed by atoms with E-state index >= 15 is 0 Å². The maximum Gasteiger partial charge on any atom is 0.249 e. The third-order valence-corrected chi connectivity index (χ3v) is 2.90. The van der Waals surface area contributed by atoms with Crippen molar-refractivity contribution in [2.24, 2.45) is 11.5 Å². The van der Waals surface area contributed by atoms with Gasteiger partial charge in [-0.1, -0.05) is 28.9 Å². The Bertz CT molecular complexity index is 432. The number of rotatable bonds is 4. The smallest absolute Gasteiger partial charge is 0.249 e. The summed E-state index contributed by atoms with van der Waals surface area (Å²) in [5.74, 6) is -1.49. The molecule has 0 spiro atoms. The summed E-state index contributed by atoms with van der Waals surface area (Å²) in [7, 11) is 0. The number of nitrogens with two attached hydrogens (primary N) is 2. The van der Waals surface area contributed by atoms with E-state index in [1.54, 1.807) is 18.2 Å². The molecule has 86 valence electrons. The van der Waals surface area contributed by atoms with Gasteiger partial charge >= 0.3 is 0 Å². The van der Waals surface area contributed by atoms with E-state index in [4.69, 9.17) is 11.5 Å². The number of primary amides is 2. The minimum atomic E-state index is -0.559. The highest BCUT2D eigenvalue weighted by Gasteiger charge is 2.21. The second-order valence-corrected chi connectivity index (χ2v) is 4.37. The quantitative estimate of drug-likeness (QED) is 0.878. The number of hydrogen-bond acceptors (Lipinski definition) is 2. The molecule has 0 aliphatic heterocycles. The summed E-state index contributed by atoms with van der Waals surface area (Å²) < 4.78 is 0.740. The molecule has 0 aromatic heterocycles. The molecule has 1 rings (SSSR count). The summed E-state index contributed by atoms with van der Waals surface area (Å²) >= 11 is 3.25. The summed E-state index contributed by atoms with van der Waals surface area (Å²) in [6.45, 7) is 1.84. The molecule has 0 heterocycles. The van der Waals surface area contributed by atoms with Gasteiger partial charge in [-0.3, -0.25) is 9.59 Å². The van der Waals surface area contributed by atoms with Gasteiger partial charge in [0, 0.05) is 10.0 Å². The third kappa shape index (κ3) is 2.61. The van der Waals surface area contributed by atoms with Crippen molar-refractivity contribution in [3.05, 3.63) is 33.8 Å². The van der Waals surface area contributed by atoms with Crippen molar-refractivity contribution in [3.63, 3.8) is 0 Å². The molecule has 1 aromatic rings. The van der Waals surface area contributed by atoms with E-state index in [0.29, 0.717) is 17.5 Å². The van der Waals surface area contributed by atoms with Gasteiger partial charge in [0.2, 0.25) is 11.8 Å². The lowest BCUT2D eigenvalue weighted by atomic mass is 9.91. The zero-order valence-corrected chi connectivity index (χ0v) is 10.5. The van der Waals surface area contributed by atoms with Gasteiger partial charge < -0.3 is 11.5 Å². The minimum Gasteiger partial charge on any atom is -0.369 e. The van der Waals surface area contributed by atoms with Crippen molar-refractivity contribution in [1.29, 1.82) is 0 Å². The standard InChI is InChI=1S/C11H13BrN2O2/c1-2-7(10(13)15)8-4-3-6(12)5-9(8)11(14)16/h3-5,7H,2H2,1H3,(H2,13,15)(H2,14,16)/t7-/m0/s1. The summed E-state index contributed by atoms with van der Waals surface area (Å²) in [6, 6.07) is 5.06. The maximum atomic E-state index is 11.3. The predicted octanol–water partition coefficient (Wildman–Crippen LogP) is 1.53. The second kappa shape index (κ2) is 5.12. The lowest BCUT2D eigenvalue weighted by Gasteiger charge is -2.14. The van der Waals surface area contributed by atoms with Crippen molar-refractivity contribution in [2.75, 3.05) is 0 Å². The van der Waals surface area contributed by atoms with Gasteiger partial charge in [-0.05, 0) is 24.1 Å². The zero-order valence-electron chi connectivity index (χ0n) is 8.87. The molecule has 1 atom stereocenters. The largest absolute Gasteiger partial charge is 0.369 e. The number of halogens is 1. The van der Waals surface area contributed by atoms with Crippen molar-refractivity contribution >= 4 is 27.7 Å². The molecule has 2 amide bonds. The van der Waals surface area contributed by atoms with E-state index in [9.17, 15) is 9.59 Å². The molecule has 0 radical (unpaired) electrons. The van der Waals surface area contributed by atoms with Crippen LogP contribution in [0.4, 0.5) is 0 Å². The van der Waals surface area contributed by atoms with Gasteiger partial charge in [-0.2, -0.15) is 0 Å². The first-order valence-corrected chi connectivity index (χ1v) is 5.65. The van der Waals surface area contributed by atoms with Crippen LogP contribution in [0, 0.1) is 0 Å². The lowest BCUT2D eigenvalue weighted by Crippen LogP contribution is -2.24. The average molecular weight is 285 g/mol. The Labute approximate surface area is 102 Å². The third-order valence-electron chi connectivity index (χ3n) is 2.41. The first-order chi connectivity index (χ1) is 7.47. The molecule has 0 bridgehead atoms. The Morgan fingerprint density at radius 2 is 2.00 bits per heavy atom. The van der Waals surface area contributed by atoms with E-state index in [2.05, 4.69) is 15.9 Å². The molecule has 0 aliphatic rings. The summed E-state index contributed by atoms with van der Waals surface area (Å²) in [5, 5.41) is 0. The van der Waals surface area contributed by atoms with Crippen LogP contribution in [0.15, 0.2) is 22.7 Å². The highest BCUT2D eigenvalue weighted by molar-refractivity contribution is 9.10. The van der Waals surface area contributed by atoms with E-state index in [1.807, 2.05) is 6.92 Å². The van der Waals surface area contributed by atoms with E-state index in [-0.39, 0.29) is 0 Å². The molecule has 0 saturated heterocycles. The van der Waals surface area contributed by atoms with Gasteiger partial charge in [0.25, 0.3) is 0 Å². The molecule has 1 aromatic carbocycles. The van der Waals surface area contributed by atoms with Crippen molar-refractivity contribution in [1.82, 2.24) is 0 Å². The van der Waals surface area contributed by atoms with Crippen LogP contribution in [0.5, 0.6) is 0 Å². The van der Waals surface area contributed by atoms with Gasteiger partial charge in [0.05, 0.1) is 5.92 Å². The Kier molecular flexibility index (Phi) is 4.06. The highest BCUT2D eigenvalue weighted by Crippen LogP contribution is 2.25. The van der Waals surface area contributed by atoms with Crippen LogP contribution in [0.25, 0.3) is 0 Å². The van der Waals surface area contributed by atoms with E-state index in [0.717, 1.165) is 4.47 Å². The highest BCUT2D eigenvalue weighted by atomic mass is 79.9. The number of carbonyl (C=O) groups is 2. The fourth-order valence-corrected chi connectivity index (χ4v) is 1.98. The average Bonchev–Trinajstić information content (AvgIpc) is 2.20. The Morgan fingerprint density at radius 3 is 2.44 bits per heavy atom. The number of carbonyl (C=O) groups excluding carboxylic acids is 2. The van der Waals surface area contributed by atoms with Crippen molar-refractivity contribution in [3.8, 4) is 0 Å². The summed E-state index contributed by atoms with van der Waals surface area (Å²) in [5.41, 5.74) is 11.5. The molecule has 0 saturated carbocycles. The second-order valence-electron chi connectivity index (χ2n) is 3.46. The van der Waals surface area contributed by atoms with Crippen LogP contribution in [-0.4, -0.2) is 11.8 Å². The maximum absolute atomic E-state index is 11.3. The number of hydrogen-bond donors (Lipinski definition) is 2. The minimum absolute atomic E-state index is 0.333. The topological polar surface area (TPSA) is 86.2 Å². The Morgan fingerprint density at radius 1 is 1.38 bits per heavy atom. The SMILES string of the molecule is CC[C@H](C(N)=O)c1ccc(Br)cc1C(N)=O. The molecule has 4 N–H and O–H groups in total. The van der Waals surface area contributed by atoms with Gasteiger partial charge in [-0.15, -0.1) is 0 Å². The molecular weight excluding hydrogens is 272 g/mol. The fraction of sp³-hybridized carbons (Fsp3) is 0.273. The van der Waals surface area contributed by atoms with E-state index in [1.165, 1.54) is 0 Å². The van der Waals surface area contributed by atoms with Crippen LogP contribution in [0.1, 0.15) is 35.2 Å². The number of benzene rings is 1. The van der Waals surface area contributed by atoms with Gasteiger partial charge in [-0.25, -0.2) is 0 Å². The van der Waals surface area contributed by atoms with Crippen LogP contribution < -0.4 is 11.5 Å². The molecule has 0 fully saturated rings. The van der Waals surface area contributed by atoms with Crippen LogP contribution in [-0.2, 0) is 4.79 Å². The molecule has 16 heavy (non-hydrogen) atoms. The first kappa shape index (κ1) is 12.7. The number of amides is 2. The zero-order chi connectivity index (χ0) is 12.3. The molecule has 4 nitrogen and oxygen atoms in total. The van der Waals surface area contributed by atoms with Crippen LogP contribution >= 0.6 is 15.9 Å². The van der Waals surface area contributed by atoms with Crippen LogP contribution in [0.2, 0.25) is 0 Å². The lowest BCUT2D eigenvalue weighted by molar-refractivity contribution is -0.119. The summed E-state index contributed by atoms with van der Waals surface area (Å²) in [4.78, 5) is 22.5. The molecule has 0 aliphatic carbocycles. The monoisotopic (exact) mass is 284 g/mol. The van der Waals surface area contributed by atoms with Crippen molar-refractivity contribution in [2.45, 2.75) is 19.3 Å². The Balaban J connectivity index is 3.31. The molecule has 0 unspecified atom stereocenters. The normalized spacial score (nSPS) is 12.1. The van der Waals surface area contributed by atoms with Crippen LogP contribution in [0.3, 0.4) is 0 Å². The summed E-state index contributed by atoms with van der Waals surface area (Å²) in [6.07, 6.45) is 0.539. The van der Waals surface area contributed by atoms with E-state index < -0.39 is 17.7 Å². The molecule has 5 heteroatoms. The van der Waals surface area contributed by atoms with Crippen molar-refractivity contribution < 1.29 is 9.59 Å². The predicted molar refractivity (Wildman–Crippen MR) is 64.9 cm³/mol. The first-order valence-electron chi connectivity index (χ1n) is 4.86. The fourth-order valence-electron chi connectivity index (χ4n) is 1.62.